The second-order valence-corrected chi connectivity index (χ2v) is 6.83. The maximum Gasteiger partial charge on any atom is 0.251 e. The van der Waals surface area contributed by atoms with Crippen molar-refractivity contribution < 1.29 is 9.59 Å². The third-order valence-electron chi connectivity index (χ3n) is 4.59. The van der Waals surface area contributed by atoms with E-state index in [9.17, 15) is 9.59 Å². The molecule has 0 radical (unpaired) electrons. The molecule has 2 aromatic carbocycles. The molecule has 1 aliphatic rings. The van der Waals surface area contributed by atoms with Crippen LogP contribution in [0.25, 0.3) is 0 Å². The van der Waals surface area contributed by atoms with Gasteiger partial charge in [-0.3, -0.25) is 14.5 Å². The largest absolute Gasteiger partial charge is 0.368 e. The number of halogens is 1. The lowest BCUT2D eigenvalue weighted by Gasteiger charge is -2.36. The molecule has 0 bridgehead atoms. The molecule has 0 aliphatic carbocycles. The van der Waals surface area contributed by atoms with Crippen LogP contribution in [0, 0.1) is 0 Å². The van der Waals surface area contributed by atoms with Crippen molar-refractivity contribution >= 4 is 34.8 Å². The molecule has 27 heavy (non-hydrogen) atoms. The first-order chi connectivity index (χ1) is 13.1. The van der Waals surface area contributed by atoms with Crippen LogP contribution >= 0.6 is 11.6 Å². The highest BCUT2D eigenvalue weighted by Gasteiger charge is 2.20. The molecule has 2 N–H and O–H groups in total. The van der Waals surface area contributed by atoms with E-state index < -0.39 is 0 Å². The Bertz CT molecular complexity index is 802. The van der Waals surface area contributed by atoms with Gasteiger partial charge in [0.15, 0.2) is 0 Å². The Hall–Kier alpha value is -2.57. The van der Waals surface area contributed by atoms with Gasteiger partial charge in [0.2, 0.25) is 5.91 Å². The zero-order valence-electron chi connectivity index (χ0n) is 15.2. The molecule has 1 heterocycles. The number of para-hydroxylation sites is 1. The summed E-state index contributed by atoms with van der Waals surface area (Å²) in [4.78, 5) is 28.2. The molecule has 142 valence electrons. The summed E-state index contributed by atoms with van der Waals surface area (Å²) in [6.45, 7) is 3.60. The van der Waals surface area contributed by atoms with Crippen molar-refractivity contribution in [1.29, 1.82) is 0 Å². The van der Waals surface area contributed by atoms with Gasteiger partial charge in [0, 0.05) is 44.5 Å². The van der Waals surface area contributed by atoms with Crippen molar-refractivity contribution in [2.45, 2.75) is 0 Å². The summed E-state index contributed by atoms with van der Waals surface area (Å²) < 4.78 is 0. The monoisotopic (exact) mass is 386 g/mol. The summed E-state index contributed by atoms with van der Waals surface area (Å²) in [5.74, 6) is -0.210. The number of hydrogen-bond acceptors (Lipinski definition) is 4. The maximum atomic E-state index is 12.3. The average Bonchev–Trinajstić information content (AvgIpc) is 2.69. The number of carbonyl (C=O) groups is 2. The van der Waals surface area contributed by atoms with Gasteiger partial charge in [-0.2, -0.15) is 0 Å². The van der Waals surface area contributed by atoms with Crippen LogP contribution in [-0.2, 0) is 4.79 Å². The lowest BCUT2D eigenvalue weighted by Crippen LogP contribution is -2.48. The van der Waals surface area contributed by atoms with E-state index in [2.05, 4.69) is 20.4 Å². The third-order valence-corrected chi connectivity index (χ3v) is 4.91. The summed E-state index contributed by atoms with van der Waals surface area (Å²) >= 11 is 6.26. The second kappa shape index (κ2) is 8.88. The van der Waals surface area contributed by atoms with Crippen LogP contribution in [0.4, 0.5) is 11.4 Å². The number of rotatable bonds is 5. The molecule has 1 fully saturated rings. The molecule has 2 aromatic rings. The highest BCUT2D eigenvalue weighted by molar-refractivity contribution is 6.33. The van der Waals surface area contributed by atoms with Gasteiger partial charge in [-0.05, 0) is 36.4 Å². The lowest BCUT2D eigenvalue weighted by molar-refractivity contribution is -0.117. The summed E-state index contributed by atoms with van der Waals surface area (Å²) in [5.41, 5.74) is 2.29. The number of carbonyl (C=O) groups excluding carboxylic acids is 2. The van der Waals surface area contributed by atoms with Gasteiger partial charge < -0.3 is 15.5 Å². The zero-order valence-corrected chi connectivity index (χ0v) is 16.0. The molecule has 0 aromatic heterocycles. The Balaban J connectivity index is 1.48. The van der Waals surface area contributed by atoms with Crippen molar-refractivity contribution in [3.63, 3.8) is 0 Å². The van der Waals surface area contributed by atoms with Gasteiger partial charge in [0.05, 0.1) is 17.3 Å². The Morgan fingerprint density at radius 1 is 1.00 bits per heavy atom. The van der Waals surface area contributed by atoms with Gasteiger partial charge in [-0.15, -0.1) is 0 Å². The molecule has 6 nitrogen and oxygen atoms in total. The summed E-state index contributed by atoms with van der Waals surface area (Å²) in [6, 6.07) is 14.7. The van der Waals surface area contributed by atoms with E-state index in [1.807, 2.05) is 24.3 Å². The van der Waals surface area contributed by atoms with E-state index in [0.29, 0.717) is 17.8 Å². The highest BCUT2D eigenvalue weighted by Crippen LogP contribution is 2.25. The smallest absolute Gasteiger partial charge is 0.251 e. The van der Waals surface area contributed by atoms with Crippen LogP contribution in [0.2, 0.25) is 5.02 Å². The first-order valence-corrected chi connectivity index (χ1v) is 9.28. The lowest BCUT2D eigenvalue weighted by atomic mass is 10.2. The van der Waals surface area contributed by atoms with Crippen molar-refractivity contribution in [2.75, 3.05) is 50.0 Å². The summed E-state index contributed by atoms with van der Waals surface area (Å²) in [7, 11) is 1.59. The number of hydrogen-bond donors (Lipinski definition) is 2. The van der Waals surface area contributed by atoms with E-state index in [0.717, 1.165) is 36.9 Å². The molecule has 1 saturated heterocycles. The minimum atomic E-state index is -0.149. The fourth-order valence-electron chi connectivity index (χ4n) is 3.11. The van der Waals surface area contributed by atoms with Crippen molar-refractivity contribution in [3.8, 4) is 0 Å². The molecular formula is C20H23ClN4O2. The average molecular weight is 387 g/mol. The van der Waals surface area contributed by atoms with Crippen LogP contribution < -0.4 is 15.5 Å². The Morgan fingerprint density at radius 3 is 2.30 bits per heavy atom. The highest BCUT2D eigenvalue weighted by atomic mass is 35.5. The van der Waals surface area contributed by atoms with E-state index >= 15 is 0 Å². The molecule has 0 unspecified atom stereocenters. The third kappa shape index (κ3) is 4.99. The first kappa shape index (κ1) is 19.2. The van der Waals surface area contributed by atoms with Gasteiger partial charge in [-0.1, -0.05) is 23.7 Å². The molecular weight excluding hydrogens is 364 g/mol. The molecule has 3 rings (SSSR count). The predicted molar refractivity (Wildman–Crippen MR) is 109 cm³/mol. The van der Waals surface area contributed by atoms with E-state index in [1.165, 1.54) is 0 Å². The fourth-order valence-corrected chi connectivity index (χ4v) is 3.36. The predicted octanol–water partition coefficient (Wildman–Crippen LogP) is 2.46. The van der Waals surface area contributed by atoms with Crippen molar-refractivity contribution in [2.24, 2.45) is 0 Å². The van der Waals surface area contributed by atoms with Gasteiger partial charge in [-0.25, -0.2) is 0 Å². The van der Waals surface area contributed by atoms with Crippen LogP contribution in [0.15, 0.2) is 48.5 Å². The fraction of sp³-hybridized carbons (Fsp3) is 0.300. The SMILES string of the molecule is CNC(=O)c1ccc(NC(=O)CN2CCN(c3ccccc3Cl)CC2)cc1. The van der Waals surface area contributed by atoms with Gasteiger partial charge in [0.25, 0.3) is 5.91 Å². The second-order valence-electron chi connectivity index (χ2n) is 6.42. The van der Waals surface area contributed by atoms with Crippen molar-refractivity contribution in [1.82, 2.24) is 10.2 Å². The van der Waals surface area contributed by atoms with E-state index in [-0.39, 0.29) is 11.8 Å². The van der Waals surface area contributed by atoms with Crippen LogP contribution in [0.1, 0.15) is 10.4 Å². The van der Waals surface area contributed by atoms with E-state index in [4.69, 9.17) is 11.6 Å². The molecule has 1 aliphatic heterocycles. The Morgan fingerprint density at radius 2 is 1.67 bits per heavy atom. The maximum absolute atomic E-state index is 12.3. The minimum absolute atomic E-state index is 0.0612. The molecule has 0 atom stereocenters. The zero-order chi connectivity index (χ0) is 19.2. The number of anilines is 2. The number of nitrogens with one attached hydrogen (secondary N) is 2. The van der Waals surface area contributed by atoms with Crippen LogP contribution in [0.5, 0.6) is 0 Å². The van der Waals surface area contributed by atoms with Crippen molar-refractivity contribution in [3.05, 3.63) is 59.1 Å². The van der Waals surface area contributed by atoms with Crippen LogP contribution in [0.3, 0.4) is 0 Å². The molecule has 0 saturated carbocycles. The normalized spacial score (nSPS) is 14.7. The molecule has 2 amide bonds. The van der Waals surface area contributed by atoms with E-state index in [1.54, 1.807) is 31.3 Å². The number of amides is 2. The van der Waals surface area contributed by atoms with Gasteiger partial charge in [0.1, 0.15) is 0 Å². The standard InChI is InChI=1S/C20H23ClN4O2/c1-22-20(27)15-6-8-16(9-7-15)23-19(26)14-24-10-12-25(13-11-24)18-5-3-2-4-17(18)21/h2-9H,10-14H2,1H3,(H,22,27)(H,23,26). The Labute approximate surface area is 164 Å². The topological polar surface area (TPSA) is 64.7 Å². The summed E-state index contributed by atoms with van der Waals surface area (Å²) in [5, 5.41) is 6.20. The summed E-state index contributed by atoms with van der Waals surface area (Å²) in [6.07, 6.45) is 0. The molecule has 7 heteroatoms. The Kier molecular flexibility index (Phi) is 6.32. The quantitative estimate of drug-likeness (QED) is 0.828. The number of benzene rings is 2. The minimum Gasteiger partial charge on any atom is -0.368 e. The number of piperazine rings is 1. The van der Waals surface area contributed by atoms with Gasteiger partial charge >= 0.3 is 0 Å². The van der Waals surface area contributed by atoms with Crippen LogP contribution in [-0.4, -0.2) is 56.5 Å². The first-order valence-electron chi connectivity index (χ1n) is 8.90. The molecule has 0 spiro atoms. The number of nitrogens with zero attached hydrogens (tertiary/aromatic N) is 2.